The average molecular weight is 215 g/mol. The lowest BCUT2D eigenvalue weighted by atomic mass is 10.2. The molecule has 2 N–H and O–H groups in total. The van der Waals surface area contributed by atoms with Crippen molar-refractivity contribution in [3.8, 4) is 0 Å². The summed E-state index contributed by atoms with van der Waals surface area (Å²) in [6, 6.07) is 10.5. The molecule has 0 aliphatic heterocycles. The SMILES string of the molecule is CNc1cccc(CN(C)c2cc[nH]c2)c1. The molecular weight excluding hydrogens is 198 g/mol. The van der Waals surface area contributed by atoms with E-state index in [0.29, 0.717) is 0 Å². The highest BCUT2D eigenvalue weighted by Gasteiger charge is 2.02. The van der Waals surface area contributed by atoms with Crippen LogP contribution < -0.4 is 10.2 Å². The van der Waals surface area contributed by atoms with Crippen molar-refractivity contribution in [3.05, 3.63) is 48.3 Å². The first-order valence-electron chi connectivity index (χ1n) is 5.40. The number of aromatic nitrogens is 1. The highest BCUT2D eigenvalue weighted by atomic mass is 15.1. The van der Waals surface area contributed by atoms with Crippen molar-refractivity contribution in [3.63, 3.8) is 0 Å². The number of hydrogen-bond acceptors (Lipinski definition) is 2. The Balaban J connectivity index is 2.08. The highest BCUT2D eigenvalue weighted by Crippen LogP contribution is 2.16. The smallest absolute Gasteiger partial charge is 0.0544 e. The molecule has 84 valence electrons. The third-order valence-corrected chi connectivity index (χ3v) is 2.66. The van der Waals surface area contributed by atoms with Crippen molar-refractivity contribution in [2.24, 2.45) is 0 Å². The van der Waals surface area contributed by atoms with Gasteiger partial charge in [-0.1, -0.05) is 12.1 Å². The minimum atomic E-state index is 0.910. The van der Waals surface area contributed by atoms with Crippen LogP contribution in [0.1, 0.15) is 5.56 Å². The van der Waals surface area contributed by atoms with Gasteiger partial charge >= 0.3 is 0 Å². The Morgan fingerprint density at radius 2 is 2.19 bits per heavy atom. The summed E-state index contributed by atoms with van der Waals surface area (Å²) in [5.41, 5.74) is 3.66. The maximum absolute atomic E-state index is 3.15. The van der Waals surface area contributed by atoms with Crippen molar-refractivity contribution in [2.75, 3.05) is 24.3 Å². The lowest BCUT2D eigenvalue weighted by Gasteiger charge is -2.17. The van der Waals surface area contributed by atoms with E-state index in [2.05, 4.69) is 52.6 Å². The highest BCUT2D eigenvalue weighted by molar-refractivity contribution is 5.48. The molecule has 1 aromatic heterocycles. The fourth-order valence-corrected chi connectivity index (χ4v) is 1.74. The van der Waals surface area contributed by atoms with Gasteiger partial charge in [0.05, 0.1) is 5.69 Å². The van der Waals surface area contributed by atoms with E-state index in [1.54, 1.807) is 0 Å². The maximum Gasteiger partial charge on any atom is 0.0544 e. The summed E-state index contributed by atoms with van der Waals surface area (Å²) in [5.74, 6) is 0. The van der Waals surface area contributed by atoms with Crippen LogP contribution in [0.5, 0.6) is 0 Å². The minimum Gasteiger partial charge on any atom is -0.388 e. The van der Waals surface area contributed by atoms with Gasteiger partial charge in [-0.15, -0.1) is 0 Å². The predicted molar refractivity (Wildman–Crippen MR) is 68.9 cm³/mol. The van der Waals surface area contributed by atoms with E-state index in [1.807, 2.05) is 19.4 Å². The van der Waals surface area contributed by atoms with E-state index in [0.717, 1.165) is 12.2 Å². The topological polar surface area (TPSA) is 31.1 Å². The summed E-state index contributed by atoms with van der Waals surface area (Å²) in [6.07, 6.45) is 3.94. The van der Waals surface area contributed by atoms with Crippen molar-refractivity contribution in [1.82, 2.24) is 4.98 Å². The Hall–Kier alpha value is -1.90. The Bertz CT molecular complexity index is 434. The summed E-state index contributed by atoms with van der Waals surface area (Å²) in [6.45, 7) is 0.910. The number of hydrogen-bond donors (Lipinski definition) is 2. The molecule has 0 aliphatic carbocycles. The largest absolute Gasteiger partial charge is 0.388 e. The second-order valence-corrected chi connectivity index (χ2v) is 3.88. The van der Waals surface area contributed by atoms with Gasteiger partial charge in [0.1, 0.15) is 0 Å². The standard InChI is InChI=1S/C13H17N3/c1-14-12-5-3-4-11(8-12)10-16(2)13-6-7-15-9-13/h3-9,14-15H,10H2,1-2H3. The van der Waals surface area contributed by atoms with Gasteiger partial charge < -0.3 is 15.2 Å². The Kier molecular flexibility index (Phi) is 3.15. The van der Waals surface area contributed by atoms with Gasteiger partial charge in [0.15, 0.2) is 0 Å². The fraction of sp³-hybridized carbons (Fsp3) is 0.231. The van der Waals surface area contributed by atoms with Gasteiger partial charge in [0, 0.05) is 38.7 Å². The van der Waals surface area contributed by atoms with Crippen LogP contribution in [0.3, 0.4) is 0 Å². The molecule has 0 aliphatic rings. The first-order chi connectivity index (χ1) is 7.79. The normalized spacial score (nSPS) is 10.1. The molecule has 0 fully saturated rings. The summed E-state index contributed by atoms with van der Waals surface area (Å²) >= 11 is 0. The van der Waals surface area contributed by atoms with Crippen LogP contribution in [0.25, 0.3) is 0 Å². The number of aromatic amines is 1. The van der Waals surface area contributed by atoms with Gasteiger partial charge in [-0.05, 0) is 23.8 Å². The Morgan fingerprint density at radius 3 is 2.88 bits per heavy atom. The number of nitrogens with zero attached hydrogens (tertiary/aromatic N) is 1. The molecule has 0 saturated carbocycles. The van der Waals surface area contributed by atoms with Crippen LogP contribution in [0.15, 0.2) is 42.7 Å². The summed E-state index contributed by atoms with van der Waals surface area (Å²) < 4.78 is 0. The molecule has 0 spiro atoms. The third-order valence-electron chi connectivity index (χ3n) is 2.66. The van der Waals surface area contributed by atoms with Gasteiger partial charge in [-0.3, -0.25) is 0 Å². The molecule has 1 heterocycles. The fourth-order valence-electron chi connectivity index (χ4n) is 1.74. The molecule has 16 heavy (non-hydrogen) atoms. The van der Waals surface area contributed by atoms with Gasteiger partial charge in [-0.25, -0.2) is 0 Å². The molecule has 0 bridgehead atoms. The zero-order valence-electron chi connectivity index (χ0n) is 9.70. The summed E-state index contributed by atoms with van der Waals surface area (Å²) in [7, 11) is 4.03. The van der Waals surface area contributed by atoms with Crippen molar-refractivity contribution in [1.29, 1.82) is 0 Å². The zero-order chi connectivity index (χ0) is 11.4. The van der Waals surface area contributed by atoms with Gasteiger partial charge in [0.2, 0.25) is 0 Å². The molecule has 1 aromatic carbocycles. The van der Waals surface area contributed by atoms with E-state index < -0.39 is 0 Å². The molecule has 0 unspecified atom stereocenters. The van der Waals surface area contributed by atoms with Crippen molar-refractivity contribution >= 4 is 11.4 Å². The first kappa shape index (κ1) is 10.6. The minimum absolute atomic E-state index is 0.910. The van der Waals surface area contributed by atoms with Crippen LogP contribution >= 0.6 is 0 Å². The second kappa shape index (κ2) is 4.75. The molecular formula is C13H17N3. The molecule has 0 amide bonds. The van der Waals surface area contributed by atoms with Crippen LogP contribution in [0.2, 0.25) is 0 Å². The summed E-state index contributed by atoms with van der Waals surface area (Å²) in [4.78, 5) is 5.28. The zero-order valence-corrected chi connectivity index (χ0v) is 9.70. The summed E-state index contributed by atoms with van der Waals surface area (Å²) in [5, 5.41) is 3.15. The van der Waals surface area contributed by atoms with Crippen LogP contribution in [-0.2, 0) is 6.54 Å². The lowest BCUT2D eigenvalue weighted by molar-refractivity contribution is 0.924. The maximum atomic E-state index is 3.15. The number of rotatable bonds is 4. The number of benzene rings is 1. The monoisotopic (exact) mass is 215 g/mol. The quantitative estimate of drug-likeness (QED) is 0.821. The average Bonchev–Trinajstić information content (AvgIpc) is 2.83. The molecule has 2 aromatic rings. The number of anilines is 2. The first-order valence-corrected chi connectivity index (χ1v) is 5.40. The molecule has 0 atom stereocenters. The third kappa shape index (κ3) is 2.37. The van der Waals surface area contributed by atoms with E-state index in [-0.39, 0.29) is 0 Å². The van der Waals surface area contributed by atoms with E-state index >= 15 is 0 Å². The van der Waals surface area contributed by atoms with Gasteiger partial charge in [0.25, 0.3) is 0 Å². The van der Waals surface area contributed by atoms with E-state index in [1.165, 1.54) is 11.3 Å². The Morgan fingerprint density at radius 1 is 1.31 bits per heavy atom. The van der Waals surface area contributed by atoms with Crippen molar-refractivity contribution < 1.29 is 0 Å². The molecule has 0 saturated heterocycles. The lowest BCUT2D eigenvalue weighted by Crippen LogP contribution is -2.15. The van der Waals surface area contributed by atoms with Crippen LogP contribution in [0, 0.1) is 0 Å². The van der Waals surface area contributed by atoms with E-state index in [9.17, 15) is 0 Å². The number of H-pyrrole nitrogens is 1. The van der Waals surface area contributed by atoms with Crippen LogP contribution in [0.4, 0.5) is 11.4 Å². The van der Waals surface area contributed by atoms with Crippen LogP contribution in [-0.4, -0.2) is 19.1 Å². The molecule has 3 heteroatoms. The second-order valence-electron chi connectivity index (χ2n) is 3.88. The Labute approximate surface area is 96.1 Å². The molecule has 3 nitrogen and oxygen atoms in total. The van der Waals surface area contributed by atoms with E-state index in [4.69, 9.17) is 0 Å². The number of nitrogens with one attached hydrogen (secondary N) is 2. The van der Waals surface area contributed by atoms with Crippen molar-refractivity contribution in [2.45, 2.75) is 6.54 Å². The molecule has 2 rings (SSSR count). The molecule has 0 radical (unpaired) electrons. The predicted octanol–water partition coefficient (Wildman–Crippen LogP) is 2.69. The van der Waals surface area contributed by atoms with Gasteiger partial charge in [-0.2, -0.15) is 0 Å².